The summed E-state index contributed by atoms with van der Waals surface area (Å²) in [6.45, 7) is 4.16. The van der Waals surface area contributed by atoms with E-state index >= 15 is 0 Å². The Hall–Kier alpha value is -4.81. The number of ether oxygens (including phenoxy) is 2. The maximum Gasteiger partial charge on any atom is 0.263 e. The van der Waals surface area contributed by atoms with Gasteiger partial charge in [-0.25, -0.2) is 9.97 Å². The number of piperidine rings is 2. The van der Waals surface area contributed by atoms with Crippen LogP contribution in [-0.4, -0.2) is 82.5 Å². The summed E-state index contributed by atoms with van der Waals surface area (Å²) in [6.07, 6.45) is 9.46. The van der Waals surface area contributed by atoms with Gasteiger partial charge in [0.2, 0.25) is 17.5 Å². The van der Waals surface area contributed by atoms with Gasteiger partial charge in [0.15, 0.2) is 6.61 Å². The molecule has 4 heterocycles. The predicted molar refractivity (Wildman–Crippen MR) is 199 cm³/mol. The number of carbonyl (C=O) groups is 4. The molecule has 2 unspecified atom stereocenters. The van der Waals surface area contributed by atoms with Gasteiger partial charge >= 0.3 is 0 Å². The first kappa shape index (κ1) is 38.9. The quantitative estimate of drug-likeness (QED) is 0.104. The van der Waals surface area contributed by atoms with Gasteiger partial charge in [0, 0.05) is 42.5 Å². The van der Waals surface area contributed by atoms with Crippen LogP contribution < -0.4 is 4.74 Å². The highest BCUT2D eigenvalue weighted by molar-refractivity contribution is 6.30. The van der Waals surface area contributed by atoms with Crippen LogP contribution in [0.5, 0.6) is 5.75 Å². The number of amides is 2. The van der Waals surface area contributed by atoms with Crippen molar-refractivity contribution in [3.05, 3.63) is 102 Å². The maximum absolute atomic E-state index is 14.4. The fourth-order valence-electron chi connectivity index (χ4n) is 8.10. The van der Waals surface area contributed by atoms with Crippen molar-refractivity contribution in [1.29, 1.82) is 0 Å². The van der Waals surface area contributed by atoms with Gasteiger partial charge in [-0.15, -0.1) is 0 Å². The minimum absolute atomic E-state index is 0.0158. The number of oxazole rings is 2. The van der Waals surface area contributed by atoms with Crippen molar-refractivity contribution in [3.63, 3.8) is 0 Å². The number of hydrogen-bond acceptors (Lipinski definition) is 10. The summed E-state index contributed by atoms with van der Waals surface area (Å²) in [5.41, 5.74) is 0.120. The Balaban J connectivity index is 1.12. The number of nitrogens with zero attached hydrogens (tertiary/aromatic N) is 4. The van der Waals surface area contributed by atoms with Crippen molar-refractivity contribution < 1.29 is 37.5 Å². The molecule has 0 saturated carbocycles. The van der Waals surface area contributed by atoms with Crippen LogP contribution in [0, 0.1) is 23.2 Å². The lowest BCUT2D eigenvalue weighted by molar-refractivity contribution is -0.138. The summed E-state index contributed by atoms with van der Waals surface area (Å²) < 4.78 is 22.5. The van der Waals surface area contributed by atoms with E-state index in [1.807, 2.05) is 42.2 Å². The van der Waals surface area contributed by atoms with E-state index in [4.69, 9.17) is 29.9 Å². The fourth-order valence-corrected chi connectivity index (χ4v) is 8.22. The number of rotatable bonds is 17. The molecule has 0 radical (unpaired) electrons. The highest BCUT2D eigenvalue weighted by atomic mass is 35.5. The molecule has 6 rings (SSSR count). The summed E-state index contributed by atoms with van der Waals surface area (Å²) in [4.78, 5) is 66.6. The third kappa shape index (κ3) is 9.46. The van der Waals surface area contributed by atoms with E-state index in [2.05, 4.69) is 9.97 Å². The lowest BCUT2D eigenvalue weighted by Gasteiger charge is -2.44. The second-order valence-electron chi connectivity index (χ2n) is 14.1. The molecule has 2 aromatic heterocycles. The number of benzene rings is 2. The molecule has 0 aliphatic carbocycles. The van der Waals surface area contributed by atoms with Crippen LogP contribution in [-0.2, 0) is 20.9 Å². The smallest absolute Gasteiger partial charge is 0.263 e. The number of aromatic nitrogens is 2. The average Bonchev–Trinajstić information content (AvgIpc) is 3.96. The Morgan fingerprint density at radius 3 is 2.06 bits per heavy atom. The third-order valence-corrected chi connectivity index (χ3v) is 11.4. The topological polar surface area (TPSA) is 145 Å². The van der Waals surface area contributed by atoms with E-state index in [1.54, 1.807) is 29.2 Å². The van der Waals surface area contributed by atoms with Gasteiger partial charge in [0.05, 0.1) is 19.0 Å². The Bertz CT molecular complexity index is 1800. The van der Waals surface area contributed by atoms with Gasteiger partial charge < -0.3 is 28.1 Å². The van der Waals surface area contributed by atoms with Crippen LogP contribution in [0.15, 0.2) is 88.4 Å². The minimum atomic E-state index is -0.880. The van der Waals surface area contributed by atoms with Crippen molar-refractivity contribution >= 4 is 35.0 Å². The summed E-state index contributed by atoms with van der Waals surface area (Å²) in [7, 11) is 0. The van der Waals surface area contributed by atoms with Crippen molar-refractivity contribution in [3.8, 4) is 5.75 Å². The molecule has 2 amide bonds. The zero-order valence-corrected chi connectivity index (χ0v) is 31.3. The number of hydrogen-bond donors (Lipinski definition) is 0. The summed E-state index contributed by atoms with van der Waals surface area (Å²) in [6, 6.07) is 16.6. The molecular formula is C41H47ClN4O8. The molecule has 4 aromatic rings. The summed E-state index contributed by atoms with van der Waals surface area (Å²) >= 11 is 5.96. The van der Waals surface area contributed by atoms with Crippen molar-refractivity contribution in [2.45, 2.75) is 58.5 Å². The van der Waals surface area contributed by atoms with E-state index in [0.717, 1.165) is 5.56 Å². The molecule has 2 aliphatic rings. The van der Waals surface area contributed by atoms with E-state index in [0.29, 0.717) is 88.5 Å². The second-order valence-corrected chi connectivity index (χ2v) is 14.6. The Kier molecular flexibility index (Phi) is 13.3. The molecule has 2 saturated heterocycles. The highest BCUT2D eigenvalue weighted by Crippen LogP contribution is 2.47. The van der Waals surface area contributed by atoms with Crippen LogP contribution in [0.3, 0.4) is 0 Å². The molecule has 0 N–H and O–H groups in total. The standard InChI is InChI=1S/C41H47ClN4O8/c1-2-41(38(50)40-44-19-25-53-40,31-15-22-46(23-16-31)35(47)27-51-26-29-6-4-3-5-7-29)17-12-34(37(49)39-43-18-24-52-39)30-13-20-45(21-14-30)36(48)28-54-33-10-8-32(42)9-11-33/h3-11,18-19,24-25,30-31,34H,2,12-17,20-23,26-28H2,1H3. The Morgan fingerprint density at radius 2 is 1.44 bits per heavy atom. The predicted octanol–water partition coefficient (Wildman–Crippen LogP) is 6.95. The zero-order valence-electron chi connectivity index (χ0n) is 30.6. The maximum atomic E-state index is 14.4. The summed E-state index contributed by atoms with van der Waals surface area (Å²) in [5, 5.41) is 0.584. The SMILES string of the molecule is CCC(CCC(C(=O)c1ncco1)C1CCN(C(=O)COc2ccc(Cl)cc2)CC1)(C(=O)c1ncco1)C1CCN(C(=O)COCc2ccccc2)CC1. The van der Waals surface area contributed by atoms with Gasteiger partial charge in [-0.1, -0.05) is 48.9 Å². The third-order valence-electron chi connectivity index (χ3n) is 11.2. The van der Waals surface area contributed by atoms with E-state index in [1.165, 1.54) is 24.9 Å². The van der Waals surface area contributed by atoms with Gasteiger partial charge in [-0.3, -0.25) is 19.2 Å². The first-order valence-electron chi connectivity index (χ1n) is 18.7. The normalized spacial score (nSPS) is 17.1. The minimum Gasteiger partial charge on any atom is -0.484 e. The first-order valence-corrected chi connectivity index (χ1v) is 19.1. The van der Waals surface area contributed by atoms with Gasteiger partial charge in [0.25, 0.3) is 17.7 Å². The fraction of sp³-hybridized carbons (Fsp3) is 0.463. The number of likely N-dealkylation sites (tertiary alicyclic amines) is 2. The van der Waals surface area contributed by atoms with E-state index in [9.17, 15) is 19.2 Å². The zero-order chi connectivity index (χ0) is 37.9. The second kappa shape index (κ2) is 18.5. The molecule has 2 atom stereocenters. The van der Waals surface area contributed by atoms with Crippen molar-refractivity contribution in [2.24, 2.45) is 23.2 Å². The Labute approximate surface area is 320 Å². The van der Waals surface area contributed by atoms with Gasteiger partial charge in [-0.2, -0.15) is 0 Å². The largest absolute Gasteiger partial charge is 0.484 e. The highest BCUT2D eigenvalue weighted by Gasteiger charge is 2.48. The van der Waals surface area contributed by atoms with E-state index in [-0.39, 0.29) is 60.2 Å². The van der Waals surface area contributed by atoms with Gasteiger partial charge in [0.1, 0.15) is 24.9 Å². The molecule has 2 fully saturated rings. The number of carbonyl (C=O) groups excluding carboxylic acids is 4. The van der Waals surface area contributed by atoms with Crippen molar-refractivity contribution in [2.75, 3.05) is 39.4 Å². The molecule has 13 heteroatoms. The van der Waals surface area contributed by atoms with Gasteiger partial charge in [-0.05, 0) is 86.6 Å². The number of Topliss-reactive ketones (excluding diaryl/α,β-unsaturated/α-hetero) is 2. The first-order chi connectivity index (χ1) is 26.3. The molecule has 286 valence electrons. The molecule has 0 spiro atoms. The lowest BCUT2D eigenvalue weighted by Crippen LogP contribution is -2.48. The average molecular weight is 759 g/mol. The van der Waals surface area contributed by atoms with Crippen LogP contribution >= 0.6 is 11.6 Å². The van der Waals surface area contributed by atoms with Crippen LogP contribution in [0.25, 0.3) is 0 Å². The van der Waals surface area contributed by atoms with Crippen LogP contribution in [0.4, 0.5) is 0 Å². The monoisotopic (exact) mass is 758 g/mol. The Morgan fingerprint density at radius 1 is 0.833 bits per heavy atom. The van der Waals surface area contributed by atoms with E-state index < -0.39 is 11.3 Å². The number of halogens is 1. The lowest BCUT2D eigenvalue weighted by atomic mass is 9.62. The van der Waals surface area contributed by atoms with Crippen LogP contribution in [0.1, 0.15) is 78.8 Å². The molecule has 12 nitrogen and oxygen atoms in total. The number of ketones is 2. The van der Waals surface area contributed by atoms with Crippen molar-refractivity contribution in [1.82, 2.24) is 19.8 Å². The molecule has 2 aromatic carbocycles. The molecule has 54 heavy (non-hydrogen) atoms. The summed E-state index contributed by atoms with van der Waals surface area (Å²) in [5.74, 6) is -0.585. The molecule has 2 aliphatic heterocycles. The van der Waals surface area contributed by atoms with Crippen LogP contribution in [0.2, 0.25) is 5.02 Å². The molecular weight excluding hydrogens is 712 g/mol. The molecule has 0 bridgehead atoms.